The molecule has 116 valence electrons. The second-order valence-electron chi connectivity index (χ2n) is 5.49. The van der Waals surface area contributed by atoms with E-state index in [4.69, 9.17) is 4.74 Å². The second-order valence-corrected chi connectivity index (χ2v) is 5.49. The Labute approximate surface area is 129 Å². The molecular weight excluding hydrogens is 280 g/mol. The monoisotopic (exact) mass is 300 g/mol. The first-order valence-corrected chi connectivity index (χ1v) is 7.38. The van der Waals surface area contributed by atoms with Gasteiger partial charge in [0.15, 0.2) is 11.5 Å². The number of hydrogen-bond acceptors (Lipinski definition) is 5. The first-order chi connectivity index (χ1) is 10.5. The Morgan fingerprint density at radius 2 is 1.55 bits per heavy atom. The van der Waals surface area contributed by atoms with E-state index in [1.165, 1.54) is 6.92 Å². The average molecular weight is 300 g/mol. The Bertz CT molecular complexity index is 607. The van der Waals surface area contributed by atoms with Crippen LogP contribution in [0.3, 0.4) is 0 Å². The standard InChI is InChI=1S/C17H20N2O3/c1-17(20,21)18-11-6-12-19-13-7-2-4-9-15(13)22-16-10-5-3-8-14(16)19/h2-5,7-10,18,20-21H,6,11-12H2,1H3. The maximum atomic E-state index is 9.28. The number of rotatable bonds is 5. The molecule has 2 aromatic rings. The quantitative estimate of drug-likeness (QED) is 0.585. The third-order valence-electron chi connectivity index (χ3n) is 3.55. The van der Waals surface area contributed by atoms with Crippen molar-refractivity contribution in [2.45, 2.75) is 19.3 Å². The van der Waals surface area contributed by atoms with Gasteiger partial charge in [-0.05, 0) is 30.7 Å². The van der Waals surface area contributed by atoms with Gasteiger partial charge in [0, 0.05) is 20.0 Å². The molecule has 1 aliphatic heterocycles. The molecule has 0 saturated carbocycles. The molecule has 0 spiro atoms. The molecule has 3 rings (SSSR count). The van der Waals surface area contributed by atoms with E-state index in [1.54, 1.807) is 0 Å². The zero-order valence-corrected chi connectivity index (χ0v) is 12.5. The van der Waals surface area contributed by atoms with Gasteiger partial charge in [-0.2, -0.15) is 0 Å². The molecule has 0 atom stereocenters. The smallest absolute Gasteiger partial charge is 0.219 e. The normalized spacial score (nSPS) is 13.3. The number of benzene rings is 2. The van der Waals surface area contributed by atoms with Crippen molar-refractivity contribution in [1.29, 1.82) is 0 Å². The highest BCUT2D eigenvalue weighted by Gasteiger charge is 2.23. The van der Waals surface area contributed by atoms with Crippen LogP contribution in [0.4, 0.5) is 11.4 Å². The topological polar surface area (TPSA) is 65.0 Å². The van der Waals surface area contributed by atoms with Crippen LogP contribution in [0.15, 0.2) is 48.5 Å². The lowest BCUT2D eigenvalue weighted by Crippen LogP contribution is -2.42. The maximum Gasteiger partial charge on any atom is 0.219 e. The minimum Gasteiger partial charge on any atom is -0.453 e. The molecule has 0 bridgehead atoms. The first-order valence-electron chi connectivity index (χ1n) is 7.38. The summed E-state index contributed by atoms with van der Waals surface area (Å²) >= 11 is 0. The van der Waals surface area contributed by atoms with Crippen molar-refractivity contribution >= 4 is 11.4 Å². The van der Waals surface area contributed by atoms with Gasteiger partial charge in [-0.25, -0.2) is 0 Å². The molecule has 2 aromatic carbocycles. The Hall–Kier alpha value is -2.08. The summed E-state index contributed by atoms with van der Waals surface area (Å²) in [5.41, 5.74) is 2.05. The van der Waals surface area contributed by atoms with Crippen molar-refractivity contribution in [3.63, 3.8) is 0 Å². The Morgan fingerprint density at radius 3 is 2.09 bits per heavy atom. The molecule has 0 amide bonds. The molecule has 5 nitrogen and oxygen atoms in total. The van der Waals surface area contributed by atoms with E-state index in [-0.39, 0.29) is 0 Å². The van der Waals surface area contributed by atoms with E-state index in [9.17, 15) is 10.2 Å². The number of nitrogens with zero attached hydrogens (tertiary/aromatic N) is 1. The summed E-state index contributed by atoms with van der Waals surface area (Å²) in [6, 6.07) is 15.8. The molecule has 3 N–H and O–H groups in total. The number of aliphatic hydroxyl groups is 2. The fourth-order valence-corrected chi connectivity index (χ4v) is 2.58. The van der Waals surface area contributed by atoms with Crippen molar-refractivity contribution in [2.24, 2.45) is 0 Å². The molecule has 5 heteroatoms. The van der Waals surface area contributed by atoms with E-state index in [2.05, 4.69) is 10.2 Å². The Kier molecular flexibility index (Phi) is 4.02. The predicted molar refractivity (Wildman–Crippen MR) is 85.4 cm³/mol. The fourth-order valence-electron chi connectivity index (χ4n) is 2.58. The van der Waals surface area contributed by atoms with Crippen LogP contribution in [0.25, 0.3) is 0 Å². The van der Waals surface area contributed by atoms with Gasteiger partial charge >= 0.3 is 0 Å². The summed E-state index contributed by atoms with van der Waals surface area (Å²) in [5, 5.41) is 21.2. The number of hydrogen-bond donors (Lipinski definition) is 3. The largest absolute Gasteiger partial charge is 0.453 e. The third-order valence-corrected chi connectivity index (χ3v) is 3.55. The third kappa shape index (κ3) is 3.22. The van der Waals surface area contributed by atoms with Gasteiger partial charge in [0.25, 0.3) is 0 Å². The van der Waals surface area contributed by atoms with Crippen molar-refractivity contribution < 1.29 is 14.9 Å². The summed E-state index contributed by atoms with van der Waals surface area (Å²) in [6.45, 7) is 2.57. The van der Waals surface area contributed by atoms with E-state index < -0.39 is 5.91 Å². The van der Waals surface area contributed by atoms with Crippen LogP contribution in [0, 0.1) is 0 Å². The molecular formula is C17H20N2O3. The van der Waals surface area contributed by atoms with E-state index in [0.29, 0.717) is 6.54 Å². The molecule has 0 aromatic heterocycles. The summed E-state index contributed by atoms with van der Waals surface area (Å²) < 4.78 is 5.93. The molecule has 0 aliphatic carbocycles. The predicted octanol–water partition coefficient (Wildman–Crippen LogP) is 2.57. The lowest BCUT2D eigenvalue weighted by Gasteiger charge is -2.33. The van der Waals surface area contributed by atoms with Gasteiger partial charge in [-0.1, -0.05) is 24.3 Å². The molecule has 1 aliphatic rings. The lowest BCUT2D eigenvalue weighted by atomic mass is 10.1. The lowest BCUT2D eigenvalue weighted by molar-refractivity contribution is -0.169. The van der Waals surface area contributed by atoms with Crippen LogP contribution in [0.2, 0.25) is 0 Å². The summed E-state index contributed by atoms with van der Waals surface area (Å²) in [5.74, 6) is -0.160. The van der Waals surface area contributed by atoms with Crippen molar-refractivity contribution in [1.82, 2.24) is 5.32 Å². The molecule has 22 heavy (non-hydrogen) atoms. The Balaban J connectivity index is 1.78. The SMILES string of the molecule is CC(O)(O)NCCCN1c2ccccc2Oc2ccccc21. The van der Waals surface area contributed by atoms with Gasteiger partial charge in [0.1, 0.15) is 0 Å². The summed E-state index contributed by atoms with van der Waals surface area (Å²) in [6.07, 6.45) is 0.763. The summed E-state index contributed by atoms with van der Waals surface area (Å²) in [4.78, 5) is 2.20. The number of ether oxygens (including phenoxy) is 1. The zero-order valence-electron chi connectivity index (χ0n) is 12.5. The highest BCUT2D eigenvalue weighted by atomic mass is 16.5. The molecule has 1 heterocycles. The molecule has 0 saturated heterocycles. The molecule has 0 radical (unpaired) electrons. The Morgan fingerprint density at radius 1 is 1.00 bits per heavy atom. The van der Waals surface area contributed by atoms with Crippen LogP contribution in [0.1, 0.15) is 13.3 Å². The van der Waals surface area contributed by atoms with Crippen LogP contribution in [-0.4, -0.2) is 29.2 Å². The summed E-state index contributed by atoms with van der Waals surface area (Å²) in [7, 11) is 0. The average Bonchev–Trinajstić information content (AvgIpc) is 2.49. The molecule has 0 unspecified atom stereocenters. The van der Waals surface area contributed by atoms with E-state index >= 15 is 0 Å². The number of fused-ring (bicyclic) bond motifs is 2. The number of anilines is 2. The highest BCUT2D eigenvalue weighted by Crippen LogP contribution is 2.46. The second kappa shape index (κ2) is 5.96. The van der Waals surface area contributed by atoms with Gasteiger partial charge in [0.05, 0.1) is 11.4 Å². The van der Waals surface area contributed by atoms with Crippen LogP contribution in [-0.2, 0) is 0 Å². The van der Waals surface area contributed by atoms with Gasteiger partial charge in [-0.3, -0.25) is 5.32 Å². The van der Waals surface area contributed by atoms with Gasteiger partial charge < -0.3 is 19.8 Å². The van der Waals surface area contributed by atoms with E-state index in [0.717, 1.165) is 35.8 Å². The first kappa shape index (κ1) is 14.8. The van der Waals surface area contributed by atoms with Crippen LogP contribution < -0.4 is 15.0 Å². The molecule has 0 fully saturated rings. The number of para-hydroxylation sites is 4. The minimum absolute atomic E-state index is 0.505. The van der Waals surface area contributed by atoms with Crippen molar-refractivity contribution in [3.05, 3.63) is 48.5 Å². The van der Waals surface area contributed by atoms with Gasteiger partial charge in [0.2, 0.25) is 5.91 Å². The zero-order chi connectivity index (χ0) is 15.6. The fraction of sp³-hybridized carbons (Fsp3) is 0.294. The minimum atomic E-state index is -1.83. The van der Waals surface area contributed by atoms with Crippen molar-refractivity contribution in [2.75, 3.05) is 18.0 Å². The maximum absolute atomic E-state index is 9.28. The van der Waals surface area contributed by atoms with Gasteiger partial charge in [-0.15, -0.1) is 0 Å². The van der Waals surface area contributed by atoms with Crippen LogP contribution >= 0.6 is 0 Å². The van der Waals surface area contributed by atoms with Crippen LogP contribution in [0.5, 0.6) is 11.5 Å². The van der Waals surface area contributed by atoms with E-state index in [1.807, 2.05) is 48.5 Å². The highest BCUT2D eigenvalue weighted by molar-refractivity contribution is 5.77. The van der Waals surface area contributed by atoms with Crippen molar-refractivity contribution in [3.8, 4) is 11.5 Å². The number of nitrogens with one attached hydrogen (secondary N) is 1.